The first-order valence-corrected chi connectivity index (χ1v) is 8.72. The third-order valence-electron chi connectivity index (χ3n) is 4.30. The van der Waals surface area contributed by atoms with Gasteiger partial charge in [0.15, 0.2) is 0 Å². The van der Waals surface area contributed by atoms with Gasteiger partial charge in [-0.1, -0.05) is 24.2 Å². The molecule has 0 bridgehead atoms. The lowest BCUT2D eigenvalue weighted by molar-refractivity contribution is 0.0951. The quantitative estimate of drug-likeness (QED) is 0.746. The van der Waals surface area contributed by atoms with Crippen molar-refractivity contribution >= 4 is 16.9 Å². The van der Waals surface area contributed by atoms with E-state index < -0.39 is 0 Å². The van der Waals surface area contributed by atoms with E-state index in [0.717, 1.165) is 16.9 Å². The molecule has 0 aliphatic carbocycles. The van der Waals surface area contributed by atoms with Crippen molar-refractivity contribution < 1.29 is 9.32 Å². The summed E-state index contributed by atoms with van der Waals surface area (Å²) < 4.78 is 7.42. The highest BCUT2D eigenvalue weighted by atomic mass is 16.5. The van der Waals surface area contributed by atoms with Crippen molar-refractivity contribution in [3.05, 3.63) is 47.1 Å². The van der Waals surface area contributed by atoms with Crippen molar-refractivity contribution in [2.75, 3.05) is 6.54 Å². The van der Waals surface area contributed by atoms with E-state index >= 15 is 0 Å². The van der Waals surface area contributed by atoms with Crippen molar-refractivity contribution in [1.29, 1.82) is 0 Å². The second-order valence-electron chi connectivity index (χ2n) is 6.41. The highest BCUT2D eigenvalue weighted by Crippen LogP contribution is 2.21. The van der Waals surface area contributed by atoms with Gasteiger partial charge in [0.05, 0.1) is 16.7 Å². The number of fused-ring (bicyclic) bond motifs is 1. The predicted octanol–water partition coefficient (Wildman–Crippen LogP) is 3.45. The van der Waals surface area contributed by atoms with Crippen LogP contribution in [0.25, 0.3) is 11.0 Å². The van der Waals surface area contributed by atoms with E-state index in [1.807, 2.05) is 25.1 Å². The van der Waals surface area contributed by atoms with Crippen molar-refractivity contribution in [2.24, 2.45) is 0 Å². The highest BCUT2D eigenvalue weighted by molar-refractivity contribution is 5.96. The molecule has 2 heterocycles. The van der Waals surface area contributed by atoms with E-state index in [1.54, 1.807) is 6.92 Å². The van der Waals surface area contributed by atoms with E-state index in [4.69, 9.17) is 9.51 Å². The van der Waals surface area contributed by atoms with E-state index in [0.29, 0.717) is 42.4 Å². The number of carbonyl (C=O) groups is 1. The van der Waals surface area contributed by atoms with Gasteiger partial charge in [-0.3, -0.25) is 4.79 Å². The Morgan fingerprint density at radius 1 is 1.32 bits per heavy atom. The second-order valence-corrected chi connectivity index (χ2v) is 6.41. The maximum absolute atomic E-state index is 12.4. The molecule has 6 heteroatoms. The molecule has 0 radical (unpaired) electrons. The molecule has 0 spiro atoms. The molecule has 0 fully saturated rings. The Morgan fingerprint density at radius 3 is 2.80 bits per heavy atom. The van der Waals surface area contributed by atoms with Crippen LogP contribution in [0.4, 0.5) is 0 Å². The lowest BCUT2D eigenvalue weighted by atomic mass is 10.1. The van der Waals surface area contributed by atoms with Crippen LogP contribution in [0, 0.1) is 6.92 Å². The van der Waals surface area contributed by atoms with Crippen LogP contribution in [-0.2, 0) is 12.8 Å². The summed E-state index contributed by atoms with van der Waals surface area (Å²) in [6, 6.07) is 8.43. The zero-order valence-electron chi connectivity index (χ0n) is 15.2. The first-order valence-electron chi connectivity index (χ1n) is 8.72. The van der Waals surface area contributed by atoms with Gasteiger partial charge in [0, 0.05) is 25.4 Å². The molecule has 25 heavy (non-hydrogen) atoms. The number of rotatable bonds is 6. The van der Waals surface area contributed by atoms with Gasteiger partial charge in [-0.25, -0.2) is 4.98 Å². The molecule has 6 nitrogen and oxygen atoms in total. The number of aryl methyl sites for hydroxylation is 2. The zero-order chi connectivity index (χ0) is 18.0. The standard InChI is InChI=1S/C19H24N4O2/c1-5-16-18(13(4)22-25-16)19(24)20-11-10-17-21-14-8-6-7-9-15(14)23(17)12(2)3/h6-9,12H,5,10-11H2,1-4H3,(H,20,24). The average molecular weight is 340 g/mol. The van der Waals surface area contributed by atoms with Gasteiger partial charge >= 0.3 is 0 Å². The number of hydrogen-bond acceptors (Lipinski definition) is 4. The van der Waals surface area contributed by atoms with Crippen molar-refractivity contribution in [3.8, 4) is 0 Å². The van der Waals surface area contributed by atoms with Crippen LogP contribution in [-0.4, -0.2) is 27.2 Å². The number of imidazole rings is 1. The molecule has 132 valence electrons. The zero-order valence-corrected chi connectivity index (χ0v) is 15.2. The predicted molar refractivity (Wildman–Crippen MR) is 96.8 cm³/mol. The molecule has 0 atom stereocenters. The monoisotopic (exact) mass is 340 g/mol. The Hall–Kier alpha value is -2.63. The van der Waals surface area contributed by atoms with Crippen LogP contribution in [0.1, 0.15) is 54.4 Å². The normalized spacial score (nSPS) is 11.4. The fourth-order valence-electron chi connectivity index (χ4n) is 3.17. The van der Waals surface area contributed by atoms with Gasteiger partial charge in [-0.2, -0.15) is 0 Å². The van der Waals surface area contributed by atoms with E-state index in [1.165, 1.54) is 0 Å². The Kier molecular flexibility index (Phi) is 4.88. The Labute approximate surface area is 147 Å². The summed E-state index contributed by atoms with van der Waals surface area (Å²) in [5, 5.41) is 6.86. The summed E-state index contributed by atoms with van der Waals surface area (Å²) in [6.07, 6.45) is 1.32. The number of nitrogens with zero attached hydrogens (tertiary/aromatic N) is 3. The number of amides is 1. The topological polar surface area (TPSA) is 73.0 Å². The van der Waals surface area contributed by atoms with Gasteiger partial charge in [0.1, 0.15) is 17.1 Å². The molecule has 3 rings (SSSR count). The first kappa shape index (κ1) is 17.2. The largest absolute Gasteiger partial charge is 0.360 e. The number of benzene rings is 1. The van der Waals surface area contributed by atoms with Crippen LogP contribution < -0.4 is 5.32 Å². The van der Waals surface area contributed by atoms with Crippen LogP contribution >= 0.6 is 0 Å². The molecule has 3 aromatic rings. The van der Waals surface area contributed by atoms with Crippen molar-refractivity contribution in [2.45, 2.75) is 46.6 Å². The molecule has 0 aliphatic rings. The molecule has 0 saturated carbocycles. The summed E-state index contributed by atoms with van der Waals surface area (Å²) >= 11 is 0. The number of nitrogens with one attached hydrogen (secondary N) is 1. The van der Waals surface area contributed by atoms with Crippen LogP contribution in [0.3, 0.4) is 0 Å². The maximum Gasteiger partial charge on any atom is 0.256 e. The summed E-state index contributed by atoms with van der Waals surface area (Å²) in [4.78, 5) is 17.2. The lowest BCUT2D eigenvalue weighted by Gasteiger charge is -2.13. The SMILES string of the molecule is CCc1onc(C)c1C(=O)NCCc1nc2ccccc2n1C(C)C. The minimum atomic E-state index is -0.136. The lowest BCUT2D eigenvalue weighted by Crippen LogP contribution is -2.27. The Morgan fingerprint density at radius 2 is 2.08 bits per heavy atom. The fraction of sp³-hybridized carbons (Fsp3) is 0.421. The van der Waals surface area contributed by atoms with Gasteiger partial charge in [-0.05, 0) is 32.9 Å². The van der Waals surface area contributed by atoms with Gasteiger partial charge in [0.2, 0.25) is 0 Å². The average Bonchev–Trinajstić information content (AvgIpc) is 3.14. The van der Waals surface area contributed by atoms with Crippen molar-refractivity contribution in [1.82, 2.24) is 20.0 Å². The Balaban J connectivity index is 1.74. The highest BCUT2D eigenvalue weighted by Gasteiger charge is 2.19. The molecule has 1 aromatic carbocycles. The molecular formula is C19H24N4O2. The molecule has 1 N–H and O–H groups in total. The van der Waals surface area contributed by atoms with E-state index in [2.05, 4.69) is 35.0 Å². The third kappa shape index (κ3) is 3.29. The van der Waals surface area contributed by atoms with Crippen LogP contribution in [0.2, 0.25) is 0 Å². The van der Waals surface area contributed by atoms with Gasteiger partial charge in [-0.15, -0.1) is 0 Å². The number of hydrogen-bond donors (Lipinski definition) is 1. The fourth-order valence-corrected chi connectivity index (χ4v) is 3.17. The molecular weight excluding hydrogens is 316 g/mol. The molecule has 0 saturated heterocycles. The summed E-state index contributed by atoms with van der Waals surface area (Å²) in [7, 11) is 0. The summed E-state index contributed by atoms with van der Waals surface area (Å²) in [5.41, 5.74) is 3.30. The molecule has 2 aromatic heterocycles. The molecule has 1 amide bonds. The summed E-state index contributed by atoms with van der Waals surface area (Å²) in [5.74, 6) is 1.47. The van der Waals surface area contributed by atoms with Crippen molar-refractivity contribution in [3.63, 3.8) is 0 Å². The first-order chi connectivity index (χ1) is 12.0. The maximum atomic E-state index is 12.4. The second kappa shape index (κ2) is 7.09. The third-order valence-corrected chi connectivity index (χ3v) is 4.30. The smallest absolute Gasteiger partial charge is 0.256 e. The number of carbonyl (C=O) groups excluding carboxylic acids is 1. The number of para-hydroxylation sites is 2. The van der Waals surface area contributed by atoms with Gasteiger partial charge in [0.25, 0.3) is 5.91 Å². The molecule has 0 unspecified atom stereocenters. The molecule has 0 aliphatic heterocycles. The van der Waals surface area contributed by atoms with Crippen LogP contribution in [0.5, 0.6) is 0 Å². The summed E-state index contributed by atoms with van der Waals surface area (Å²) in [6.45, 7) is 8.54. The van der Waals surface area contributed by atoms with E-state index in [-0.39, 0.29) is 5.91 Å². The number of aromatic nitrogens is 3. The Bertz CT molecular complexity index is 892. The van der Waals surface area contributed by atoms with E-state index in [9.17, 15) is 4.79 Å². The van der Waals surface area contributed by atoms with Gasteiger partial charge < -0.3 is 14.4 Å². The minimum Gasteiger partial charge on any atom is -0.360 e. The van der Waals surface area contributed by atoms with Crippen LogP contribution in [0.15, 0.2) is 28.8 Å². The minimum absolute atomic E-state index is 0.136.